The van der Waals surface area contributed by atoms with Gasteiger partial charge in [-0.15, -0.1) is 0 Å². The van der Waals surface area contributed by atoms with E-state index in [1.807, 2.05) is 4.90 Å². The Kier molecular flexibility index (Phi) is 2.51. The first kappa shape index (κ1) is 12.1. The van der Waals surface area contributed by atoms with Crippen molar-refractivity contribution in [1.82, 2.24) is 4.90 Å². The predicted molar refractivity (Wildman–Crippen MR) is 70.4 cm³/mol. The molecule has 0 spiro atoms. The van der Waals surface area contributed by atoms with Crippen molar-refractivity contribution in [1.29, 1.82) is 0 Å². The minimum atomic E-state index is -0.359. The molecule has 2 aliphatic heterocycles. The van der Waals surface area contributed by atoms with Crippen LogP contribution in [0.1, 0.15) is 59.3 Å². The molecule has 1 aliphatic carbocycles. The number of ether oxygens (including phenoxy) is 1. The van der Waals surface area contributed by atoms with Crippen molar-refractivity contribution in [3.63, 3.8) is 0 Å². The first-order valence-electron chi connectivity index (χ1n) is 7.25. The van der Waals surface area contributed by atoms with Crippen molar-refractivity contribution in [2.45, 2.75) is 70.4 Å². The number of hydrogen-bond donors (Lipinski definition) is 0. The summed E-state index contributed by atoms with van der Waals surface area (Å²) in [6.45, 7) is 7.29. The predicted octanol–water partition coefficient (Wildman–Crippen LogP) is 3.64. The maximum atomic E-state index is 12.1. The molecule has 2 heterocycles. The van der Waals surface area contributed by atoms with Crippen molar-refractivity contribution in [2.24, 2.45) is 0 Å². The fourth-order valence-corrected chi connectivity index (χ4v) is 4.11. The molecule has 0 aromatic carbocycles. The smallest absolute Gasteiger partial charge is 0.411 e. The van der Waals surface area contributed by atoms with Crippen LogP contribution < -0.4 is 0 Å². The molecule has 0 N–H and O–H groups in total. The van der Waals surface area contributed by atoms with Crippen LogP contribution in [0.4, 0.5) is 4.79 Å². The van der Waals surface area contributed by atoms with Gasteiger partial charge in [0, 0.05) is 6.54 Å². The van der Waals surface area contributed by atoms with E-state index in [1.54, 1.807) is 5.57 Å². The van der Waals surface area contributed by atoms with Gasteiger partial charge in [0.15, 0.2) is 0 Å². The van der Waals surface area contributed by atoms with E-state index in [1.165, 1.54) is 24.8 Å². The summed E-state index contributed by atoms with van der Waals surface area (Å²) in [5.41, 5.74) is 2.56. The van der Waals surface area contributed by atoms with Crippen molar-refractivity contribution in [2.75, 3.05) is 6.54 Å². The lowest BCUT2D eigenvalue weighted by Crippen LogP contribution is -2.58. The van der Waals surface area contributed by atoms with Gasteiger partial charge in [0.1, 0.15) is 11.1 Å². The summed E-state index contributed by atoms with van der Waals surface area (Å²) in [6.07, 6.45) is 6.77. The first-order chi connectivity index (χ1) is 8.53. The van der Waals surface area contributed by atoms with Crippen molar-refractivity contribution < 1.29 is 9.53 Å². The van der Waals surface area contributed by atoms with E-state index in [4.69, 9.17) is 4.74 Å². The molecule has 1 amide bonds. The van der Waals surface area contributed by atoms with Crippen LogP contribution in [-0.4, -0.2) is 28.7 Å². The zero-order chi connectivity index (χ0) is 13.0. The molecule has 1 saturated heterocycles. The quantitative estimate of drug-likeness (QED) is 0.664. The monoisotopic (exact) mass is 249 g/mol. The van der Waals surface area contributed by atoms with Gasteiger partial charge in [-0.3, -0.25) is 4.90 Å². The van der Waals surface area contributed by atoms with Gasteiger partial charge in [0.2, 0.25) is 0 Å². The lowest BCUT2D eigenvalue weighted by Gasteiger charge is -2.48. The van der Waals surface area contributed by atoms with Crippen molar-refractivity contribution in [3.05, 3.63) is 11.1 Å². The zero-order valence-electron chi connectivity index (χ0n) is 11.7. The van der Waals surface area contributed by atoms with Crippen molar-refractivity contribution in [3.8, 4) is 0 Å². The molecule has 0 aromatic rings. The van der Waals surface area contributed by atoms with E-state index >= 15 is 0 Å². The molecule has 3 rings (SSSR count). The van der Waals surface area contributed by atoms with Crippen LogP contribution in [-0.2, 0) is 4.74 Å². The highest BCUT2D eigenvalue weighted by atomic mass is 16.6. The molecule has 0 bridgehead atoms. The summed E-state index contributed by atoms with van der Waals surface area (Å²) in [5, 5.41) is 0. The van der Waals surface area contributed by atoms with Gasteiger partial charge in [-0.25, -0.2) is 4.79 Å². The largest absolute Gasteiger partial charge is 0.440 e. The third kappa shape index (κ3) is 1.28. The minimum absolute atomic E-state index is 0.112. The second-order valence-corrected chi connectivity index (χ2v) is 6.22. The summed E-state index contributed by atoms with van der Waals surface area (Å²) in [5.74, 6) is 0. The topological polar surface area (TPSA) is 29.5 Å². The summed E-state index contributed by atoms with van der Waals surface area (Å²) in [6, 6.07) is 0. The number of rotatable bonds is 1. The van der Waals surface area contributed by atoms with Gasteiger partial charge in [-0.1, -0.05) is 12.5 Å². The van der Waals surface area contributed by atoms with E-state index in [0.29, 0.717) is 0 Å². The summed E-state index contributed by atoms with van der Waals surface area (Å²) >= 11 is 0. The molecule has 3 aliphatic rings. The van der Waals surface area contributed by atoms with Crippen LogP contribution in [0.3, 0.4) is 0 Å². The Balaban J connectivity index is 2.14. The van der Waals surface area contributed by atoms with E-state index in [0.717, 1.165) is 25.8 Å². The highest BCUT2D eigenvalue weighted by Crippen LogP contribution is 2.52. The third-order valence-electron chi connectivity index (χ3n) is 5.58. The minimum Gasteiger partial charge on any atom is -0.440 e. The van der Waals surface area contributed by atoms with Gasteiger partial charge in [0.05, 0.1) is 0 Å². The Morgan fingerprint density at radius 2 is 1.94 bits per heavy atom. The Bertz CT molecular complexity index is 428. The van der Waals surface area contributed by atoms with E-state index in [9.17, 15) is 4.79 Å². The van der Waals surface area contributed by atoms with Gasteiger partial charge < -0.3 is 4.74 Å². The van der Waals surface area contributed by atoms with Crippen LogP contribution in [0.2, 0.25) is 0 Å². The number of amides is 1. The Morgan fingerprint density at radius 3 is 2.67 bits per heavy atom. The lowest BCUT2D eigenvalue weighted by molar-refractivity contribution is 0.0168. The molecule has 2 unspecified atom stereocenters. The summed E-state index contributed by atoms with van der Waals surface area (Å²) in [4.78, 5) is 14.1. The molecular formula is C15H23NO2. The average Bonchev–Trinajstić information content (AvgIpc) is 2.58. The molecule has 0 radical (unpaired) electrons. The molecule has 18 heavy (non-hydrogen) atoms. The van der Waals surface area contributed by atoms with Crippen LogP contribution in [0, 0.1) is 0 Å². The van der Waals surface area contributed by atoms with E-state index < -0.39 is 0 Å². The number of nitrogens with zero attached hydrogens (tertiary/aromatic N) is 1. The zero-order valence-corrected chi connectivity index (χ0v) is 11.7. The van der Waals surface area contributed by atoms with Crippen LogP contribution in [0.5, 0.6) is 0 Å². The van der Waals surface area contributed by atoms with Crippen molar-refractivity contribution >= 4 is 6.09 Å². The molecule has 0 aromatic heterocycles. The van der Waals surface area contributed by atoms with Gasteiger partial charge in [-0.2, -0.15) is 0 Å². The molecule has 3 nitrogen and oxygen atoms in total. The SMILES string of the molecule is CCC1(C)OC(=O)N2CCC3=C(CCCC3)C21C. The van der Waals surface area contributed by atoms with Gasteiger partial charge in [0.25, 0.3) is 0 Å². The van der Waals surface area contributed by atoms with Crippen LogP contribution in [0.25, 0.3) is 0 Å². The second-order valence-electron chi connectivity index (χ2n) is 6.22. The lowest BCUT2D eigenvalue weighted by atomic mass is 9.67. The van der Waals surface area contributed by atoms with E-state index in [-0.39, 0.29) is 17.2 Å². The maximum Gasteiger partial charge on any atom is 0.411 e. The number of carbonyl (C=O) groups excluding carboxylic acids is 1. The maximum absolute atomic E-state index is 12.1. The molecule has 1 fully saturated rings. The third-order valence-corrected chi connectivity index (χ3v) is 5.58. The standard InChI is InChI=1S/C15H23NO2/c1-4-14(2)15(3)12-8-6-5-7-11(12)9-10-16(15)13(17)18-14/h4-10H2,1-3H3. The van der Waals surface area contributed by atoms with Gasteiger partial charge in [-0.05, 0) is 57.9 Å². The Morgan fingerprint density at radius 1 is 1.22 bits per heavy atom. The molecule has 100 valence electrons. The number of carbonyl (C=O) groups is 1. The van der Waals surface area contributed by atoms with E-state index in [2.05, 4.69) is 20.8 Å². The Hall–Kier alpha value is -0.990. The molecule has 0 saturated carbocycles. The summed E-state index contributed by atoms with van der Waals surface area (Å²) in [7, 11) is 0. The first-order valence-corrected chi connectivity index (χ1v) is 7.25. The Labute approximate surface area is 109 Å². The molecular weight excluding hydrogens is 226 g/mol. The normalized spacial score (nSPS) is 39.5. The molecule has 2 atom stereocenters. The highest BCUT2D eigenvalue weighted by molar-refractivity contribution is 5.75. The van der Waals surface area contributed by atoms with Crippen LogP contribution >= 0.6 is 0 Å². The average molecular weight is 249 g/mol. The molecule has 3 heteroatoms. The van der Waals surface area contributed by atoms with Crippen LogP contribution in [0.15, 0.2) is 11.1 Å². The fourth-order valence-electron chi connectivity index (χ4n) is 4.11. The number of fused-ring (bicyclic) bond motifs is 2. The summed E-state index contributed by atoms with van der Waals surface area (Å²) < 4.78 is 5.75. The number of cyclic esters (lactones) is 1. The number of hydrogen-bond acceptors (Lipinski definition) is 2. The second kappa shape index (κ2) is 3.75. The highest BCUT2D eigenvalue weighted by Gasteiger charge is 2.62. The fraction of sp³-hybridized carbons (Fsp3) is 0.800. The van der Waals surface area contributed by atoms with Gasteiger partial charge >= 0.3 is 6.09 Å².